The van der Waals surface area contributed by atoms with E-state index in [1.165, 1.54) is 5.56 Å². The number of hydrogen-bond acceptors (Lipinski definition) is 4. The first-order valence-electron chi connectivity index (χ1n) is 7.11. The monoisotopic (exact) mass is 315 g/mol. The lowest BCUT2D eigenvalue weighted by Gasteiger charge is -2.13. The number of benzene rings is 1. The quantitative estimate of drug-likeness (QED) is 0.628. The second-order valence-electron chi connectivity index (χ2n) is 5.07. The molecule has 21 heavy (non-hydrogen) atoms. The first kappa shape index (κ1) is 18.1. The van der Waals surface area contributed by atoms with E-state index in [1.807, 2.05) is 25.1 Å². The van der Waals surface area contributed by atoms with Crippen LogP contribution in [-0.4, -0.2) is 47.6 Å². The molecule has 0 aromatic heterocycles. The van der Waals surface area contributed by atoms with Crippen LogP contribution in [0.3, 0.4) is 0 Å². The summed E-state index contributed by atoms with van der Waals surface area (Å²) in [6.07, 6.45) is 0.855. The van der Waals surface area contributed by atoms with Gasteiger partial charge >= 0.3 is 0 Å². The SMILES string of the molecule is COCCOCCS(=O)(=O)NCC(C)Cc1ccccc1. The summed E-state index contributed by atoms with van der Waals surface area (Å²) in [6.45, 7) is 3.55. The van der Waals surface area contributed by atoms with Crippen molar-refractivity contribution in [3.05, 3.63) is 35.9 Å². The van der Waals surface area contributed by atoms with Gasteiger partial charge in [-0.15, -0.1) is 0 Å². The molecule has 1 aromatic rings. The largest absolute Gasteiger partial charge is 0.382 e. The van der Waals surface area contributed by atoms with E-state index in [-0.39, 0.29) is 18.3 Å². The van der Waals surface area contributed by atoms with E-state index in [1.54, 1.807) is 7.11 Å². The van der Waals surface area contributed by atoms with Gasteiger partial charge in [-0.25, -0.2) is 13.1 Å². The molecule has 120 valence electrons. The average molecular weight is 315 g/mol. The number of ether oxygens (including phenoxy) is 2. The lowest BCUT2D eigenvalue weighted by atomic mass is 10.0. The molecule has 0 aliphatic rings. The minimum absolute atomic E-state index is 0.0191. The fourth-order valence-corrected chi connectivity index (χ4v) is 2.86. The van der Waals surface area contributed by atoms with Crippen molar-refractivity contribution in [1.82, 2.24) is 4.72 Å². The summed E-state index contributed by atoms with van der Waals surface area (Å²) in [5.74, 6) is 0.228. The minimum atomic E-state index is -3.27. The number of hydrogen-bond donors (Lipinski definition) is 1. The maximum absolute atomic E-state index is 11.8. The molecule has 0 aliphatic carbocycles. The zero-order chi connectivity index (χ0) is 15.6. The van der Waals surface area contributed by atoms with E-state index in [0.29, 0.717) is 19.8 Å². The van der Waals surface area contributed by atoms with Crippen LogP contribution < -0.4 is 4.72 Å². The molecule has 1 N–H and O–H groups in total. The van der Waals surface area contributed by atoms with Gasteiger partial charge in [-0.2, -0.15) is 0 Å². The molecule has 0 fully saturated rings. The van der Waals surface area contributed by atoms with Gasteiger partial charge < -0.3 is 9.47 Å². The van der Waals surface area contributed by atoms with Crippen LogP contribution in [0.4, 0.5) is 0 Å². The van der Waals surface area contributed by atoms with Gasteiger partial charge in [0.1, 0.15) is 0 Å². The van der Waals surface area contributed by atoms with E-state index >= 15 is 0 Å². The molecule has 0 saturated heterocycles. The van der Waals surface area contributed by atoms with Crippen molar-refractivity contribution in [2.24, 2.45) is 5.92 Å². The number of nitrogens with one attached hydrogen (secondary N) is 1. The Hall–Kier alpha value is -0.950. The van der Waals surface area contributed by atoms with Gasteiger partial charge in [-0.1, -0.05) is 37.3 Å². The third-order valence-corrected chi connectivity index (χ3v) is 4.32. The van der Waals surface area contributed by atoms with Gasteiger partial charge in [-0.3, -0.25) is 0 Å². The zero-order valence-corrected chi connectivity index (χ0v) is 13.6. The van der Waals surface area contributed by atoms with Crippen LogP contribution in [0.5, 0.6) is 0 Å². The highest BCUT2D eigenvalue weighted by atomic mass is 32.2. The number of rotatable bonds is 11. The van der Waals surface area contributed by atoms with Crippen molar-refractivity contribution >= 4 is 10.0 Å². The van der Waals surface area contributed by atoms with Crippen LogP contribution >= 0.6 is 0 Å². The van der Waals surface area contributed by atoms with Crippen molar-refractivity contribution in [3.63, 3.8) is 0 Å². The molecule has 1 atom stereocenters. The first-order valence-corrected chi connectivity index (χ1v) is 8.76. The third-order valence-electron chi connectivity index (χ3n) is 3.01. The standard InChI is InChI=1S/C15H25NO4S/c1-14(12-15-6-4-3-5-7-15)13-16-21(17,18)11-10-20-9-8-19-2/h3-7,14,16H,8-13H2,1-2H3. The predicted molar refractivity (Wildman–Crippen MR) is 83.8 cm³/mol. The summed E-state index contributed by atoms with van der Waals surface area (Å²) in [4.78, 5) is 0. The van der Waals surface area contributed by atoms with Crippen LogP contribution in [-0.2, 0) is 25.9 Å². The number of methoxy groups -OCH3 is 1. The average Bonchev–Trinajstić information content (AvgIpc) is 2.46. The lowest BCUT2D eigenvalue weighted by Crippen LogP contribution is -2.32. The highest BCUT2D eigenvalue weighted by molar-refractivity contribution is 7.89. The van der Waals surface area contributed by atoms with E-state index in [4.69, 9.17) is 9.47 Å². The summed E-state index contributed by atoms with van der Waals surface area (Å²) >= 11 is 0. The Morgan fingerprint density at radius 2 is 1.86 bits per heavy atom. The molecular formula is C15H25NO4S. The topological polar surface area (TPSA) is 64.6 Å². The van der Waals surface area contributed by atoms with Crippen molar-refractivity contribution in [3.8, 4) is 0 Å². The van der Waals surface area contributed by atoms with Crippen LogP contribution in [0.25, 0.3) is 0 Å². The Labute approximate surface area is 127 Å². The molecule has 0 spiro atoms. The Morgan fingerprint density at radius 3 is 2.52 bits per heavy atom. The normalized spacial score (nSPS) is 13.2. The lowest BCUT2D eigenvalue weighted by molar-refractivity contribution is 0.0784. The fourth-order valence-electron chi connectivity index (χ4n) is 1.84. The van der Waals surface area contributed by atoms with Gasteiger partial charge in [-0.05, 0) is 17.9 Å². The minimum Gasteiger partial charge on any atom is -0.382 e. The van der Waals surface area contributed by atoms with Gasteiger partial charge in [0, 0.05) is 13.7 Å². The molecule has 6 heteroatoms. The Bertz CT molecular complexity index is 476. The van der Waals surface area contributed by atoms with Gasteiger partial charge in [0.2, 0.25) is 10.0 Å². The summed E-state index contributed by atoms with van der Waals surface area (Å²) in [5, 5.41) is 0. The van der Waals surface area contributed by atoms with E-state index < -0.39 is 10.0 Å². The van der Waals surface area contributed by atoms with Crippen LogP contribution in [0, 0.1) is 5.92 Å². The maximum Gasteiger partial charge on any atom is 0.213 e. The second-order valence-corrected chi connectivity index (χ2v) is 6.99. The first-order chi connectivity index (χ1) is 10.0. The zero-order valence-electron chi connectivity index (χ0n) is 12.7. The molecule has 0 bridgehead atoms. The summed E-state index contributed by atoms with van der Waals surface area (Å²) in [5.41, 5.74) is 1.21. The predicted octanol–water partition coefficient (Wildman–Crippen LogP) is 1.45. The van der Waals surface area contributed by atoms with Crippen molar-refractivity contribution in [2.75, 3.05) is 39.2 Å². The second kappa shape index (κ2) is 9.89. The molecule has 1 aromatic carbocycles. The molecule has 5 nitrogen and oxygen atoms in total. The van der Waals surface area contributed by atoms with E-state index in [0.717, 1.165) is 6.42 Å². The molecule has 0 aliphatic heterocycles. The van der Waals surface area contributed by atoms with Gasteiger partial charge in [0.25, 0.3) is 0 Å². The molecular weight excluding hydrogens is 290 g/mol. The van der Waals surface area contributed by atoms with Gasteiger partial charge in [0.15, 0.2) is 0 Å². The smallest absolute Gasteiger partial charge is 0.213 e. The maximum atomic E-state index is 11.8. The molecule has 1 rings (SSSR count). The van der Waals surface area contributed by atoms with Crippen LogP contribution in [0.15, 0.2) is 30.3 Å². The molecule has 1 unspecified atom stereocenters. The van der Waals surface area contributed by atoms with E-state index in [2.05, 4.69) is 16.9 Å². The molecule has 0 radical (unpaired) electrons. The molecule has 0 saturated carbocycles. The van der Waals surface area contributed by atoms with Crippen LogP contribution in [0.2, 0.25) is 0 Å². The molecule has 0 heterocycles. The highest BCUT2D eigenvalue weighted by Crippen LogP contribution is 2.07. The molecule has 0 amide bonds. The Morgan fingerprint density at radius 1 is 1.14 bits per heavy atom. The van der Waals surface area contributed by atoms with Crippen LogP contribution in [0.1, 0.15) is 12.5 Å². The van der Waals surface area contributed by atoms with Crippen molar-refractivity contribution in [2.45, 2.75) is 13.3 Å². The third kappa shape index (κ3) is 8.83. The van der Waals surface area contributed by atoms with Gasteiger partial charge in [0.05, 0.1) is 25.6 Å². The summed E-state index contributed by atoms with van der Waals surface area (Å²) < 4.78 is 36.2. The number of sulfonamides is 1. The summed E-state index contributed by atoms with van der Waals surface area (Å²) in [6, 6.07) is 10.1. The highest BCUT2D eigenvalue weighted by Gasteiger charge is 2.12. The Kier molecular flexibility index (Phi) is 8.52. The van der Waals surface area contributed by atoms with E-state index in [9.17, 15) is 8.42 Å². The van der Waals surface area contributed by atoms with Crippen molar-refractivity contribution in [1.29, 1.82) is 0 Å². The fraction of sp³-hybridized carbons (Fsp3) is 0.600. The van der Waals surface area contributed by atoms with Crippen molar-refractivity contribution < 1.29 is 17.9 Å². The summed E-state index contributed by atoms with van der Waals surface area (Å²) in [7, 11) is -1.69. The Balaban J connectivity index is 2.23.